The number of nitrogens with zero attached hydrogens (tertiary/aromatic N) is 4. The lowest BCUT2D eigenvalue weighted by atomic mass is 9.84. The lowest BCUT2D eigenvalue weighted by molar-refractivity contribution is 0.101. The minimum Gasteiger partial charge on any atom is -0.319 e. The van der Waals surface area contributed by atoms with E-state index in [1.165, 1.54) is 35.9 Å². The van der Waals surface area contributed by atoms with Gasteiger partial charge in [-0.15, -0.1) is 5.10 Å². The molecule has 2 aliphatic carbocycles. The highest BCUT2D eigenvalue weighted by Gasteiger charge is 2.42. The predicted octanol–water partition coefficient (Wildman–Crippen LogP) is 3.10. The van der Waals surface area contributed by atoms with Crippen LogP contribution in [0.15, 0.2) is 35.2 Å². The average Bonchev–Trinajstić information content (AvgIpc) is 3.49. The van der Waals surface area contributed by atoms with Crippen LogP contribution < -0.4 is 10.0 Å². The second kappa shape index (κ2) is 8.18. The van der Waals surface area contributed by atoms with Crippen molar-refractivity contribution in [3.63, 3.8) is 0 Å². The zero-order chi connectivity index (χ0) is 23.3. The summed E-state index contributed by atoms with van der Waals surface area (Å²) in [6.07, 6.45) is 4.85. The fourth-order valence-corrected chi connectivity index (χ4v) is 6.77. The number of benzene rings is 1. The first-order valence-electron chi connectivity index (χ1n) is 11.3. The van der Waals surface area contributed by atoms with Gasteiger partial charge in [-0.3, -0.25) is 4.79 Å². The first-order valence-corrected chi connectivity index (χ1v) is 12.8. The third kappa shape index (κ3) is 4.24. The standard InChI is InChI=1S/C23H28N6O3S/c1-13-10-14(2)29-23(24-13)26-21(27-29)22(30)25-18-6-8-19(9-7-18)33(31,32)28-15(3)20-12-16-4-5-17(20)11-16/h6-10,15-17,20,28H,4-5,11-12H2,1-3H3,(H,25,30). The van der Waals surface area contributed by atoms with Crippen LogP contribution in [0.25, 0.3) is 5.78 Å². The van der Waals surface area contributed by atoms with Crippen LogP contribution in [0.1, 0.15) is 54.6 Å². The molecule has 2 heterocycles. The summed E-state index contributed by atoms with van der Waals surface area (Å²) in [5.41, 5.74) is 2.07. The summed E-state index contributed by atoms with van der Waals surface area (Å²) in [4.78, 5) is 21.3. The molecule has 2 fully saturated rings. The molecule has 5 rings (SSSR count). The smallest absolute Gasteiger partial charge is 0.295 e. The largest absolute Gasteiger partial charge is 0.319 e. The molecule has 2 N–H and O–H groups in total. The molecule has 4 unspecified atom stereocenters. The van der Waals surface area contributed by atoms with E-state index in [0.717, 1.165) is 23.7 Å². The molecular weight excluding hydrogens is 440 g/mol. The van der Waals surface area contributed by atoms with E-state index in [1.807, 2.05) is 26.8 Å². The highest BCUT2D eigenvalue weighted by atomic mass is 32.2. The molecule has 33 heavy (non-hydrogen) atoms. The Kier molecular flexibility index (Phi) is 5.44. The van der Waals surface area contributed by atoms with Gasteiger partial charge in [0.05, 0.1) is 4.90 Å². The molecule has 0 saturated heterocycles. The van der Waals surface area contributed by atoms with Crippen molar-refractivity contribution in [1.29, 1.82) is 0 Å². The lowest BCUT2D eigenvalue weighted by Crippen LogP contribution is -2.40. The van der Waals surface area contributed by atoms with Gasteiger partial charge in [0, 0.05) is 23.1 Å². The average molecular weight is 469 g/mol. The molecule has 0 spiro atoms. The van der Waals surface area contributed by atoms with Crippen LogP contribution in [-0.4, -0.2) is 39.9 Å². The van der Waals surface area contributed by atoms with Gasteiger partial charge < -0.3 is 5.32 Å². The molecule has 174 valence electrons. The molecule has 10 heteroatoms. The Balaban J connectivity index is 1.26. The number of carbonyl (C=O) groups is 1. The molecule has 0 aliphatic heterocycles. The number of hydrogen-bond acceptors (Lipinski definition) is 6. The number of nitrogens with one attached hydrogen (secondary N) is 2. The molecule has 2 aromatic heterocycles. The minimum absolute atomic E-state index is 0.00532. The fourth-order valence-electron chi connectivity index (χ4n) is 5.47. The van der Waals surface area contributed by atoms with Crippen molar-refractivity contribution in [2.75, 3.05) is 5.32 Å². The minimum atomic E-state index is -3.64. The van der Waals surface area contributed by atoms with Crippen LogP contribution in [-0.2, 0) is 10.0 Å². The van der Waals surface area contributed by atoms with Gasteiger partial charge in [-0.2, -0.15) is 4.98 Å². The van der Waals surface area contributed by atoms with Crippen LogP contribution in [0.3, 0.4) is 0 Å². The number of hydrogen-bond donors (Lipinski definition) is 2. The van der Waals surface area contributed by atoms with Crippen molar-refractivity contribution >= 4 is 27.4 Å². The highest BCUT2D eigenvalue weighted by molar-refractivity contribution is 7.89. The van der Waals surface area contributed by atoms with Crippen molar-refractivity contribution in [1.82, 2.24) is 24.3 Å². The SMILES string of the molecule is Cc1cc(C)n2nc(C(=O)Nc3ccc(S(=O)(=O)NC(C)C4CC5CCC4C5)cc3)nc2n1. The van der Waals surface area contributed by atoms with E-state index >= 15 is 0 Å². The van der Waals surface area contributed by atoms with Crippen LogP contribution in [0, 0.1) is 31.6 Å². The van der Waals surface area contributed by atoms with Crippen molar-refractivity contribution < 1.29 is 13.2 Å². The number of aryl methyl sites for hydroxylation is 2. The van der Waals surface area contributed by atoms with Gasteiger partial charge in [0.2, 0.25) is 15.8 Å². The van der Waals surface area contributed by atoms with Crippen LogP contribution in [0.5, 0.6) is 0 Å². The van der Waals surface area contributed by atoms with E-state index in [1.54, 1.807) is 12.1 Å². The summed E-state index contributed by atoms with van der Waals surface area (Å²) in [5, 5.41) is 6.93. The molecule has 3 aromatic rings. The van der Waals surface area contributed by atoms with E-state index in [4.69, 9.17) is 0 Å². The Bertz CT molecular complexity index is 1320. The quantitative estimate of drug-likeness (QED) is 0.574. The van der Waals surface area contributed by atoms with Crippen molar-refractivity contribution in [3.05, 3.63) is 47.5 Å². The third-order valence-corrected chi connectivity index (χ3v) is 8.59. The number of fused-ring (bicyclic) bond motifs is 3. The van der Waals surface area contributed by atoms with Gasteiger partial charge in [-0.25, -0.2) is 22.6 Å². The Labute approximate surface area is 193 Å². The topological polar surface area (TPSA) is 118 Å². The van der Waals surface area contributed by atoms with Gasteiger partial charge in [0.25, 0.3) is 11.7 Å². The molecule has 9 nitrogen and oxygen atoms in total. The second-order valence-corrected chi connectivity index (χ2v) is 11.1. The summed E-state index contributed by atoms with van der Waals surface area (Å²) >= 11 is 0. The summed E-state index contributed by atoms with van der Waals surface area (Å²) < 4.78 is 30.2. The molecule has 4 atom stereocenters. The van der Waals surface area contributed by atoms with E-state index in [-0.39, 0.29) is 16.8 Å². The number of rotatable bonds is 6. The van der Waals surface area contributed by atoms with Crippen LogP contribution >= 0.6 is 0 Å². The lowest BCUT2D eigenvalue weighted by Gasteiger charge is -2.28. The second-order valence-electron chi connectivity index (χ2n) is 9.41. The highest BCUT2D eigenvalue weighted by Crippen LogP contribution is 2.49. The first-order chi connectivity index (χ1) is 15.7. The summed E-state index contributed by atoms with van der Waals surface area (Å²) in [7, 11) is -3.64. The predicted molar refractivity (Wildman–Crippen MR) is 123 cm³/mol. The summed E-state index contributed by atoms with van der Waals surface area (Å²) in [6.45, 7) is 5.69. The number of sulfonamides is 1. The summed E-state index contributed by atoms with van der Waals surface area (Å²) in [6, 6.07) is 7.90. The van der Waals surface area contributed by atoms with Gasteiger partial charge in [-0.05, 0) is 88.1 Å². The molecule has 2 aliphatic rings. The maximum atomic E-state index is 12.9. The third-order valence-electron chi connectivity index (χ3n) is 7.02. The molecule has 1 aromatic carbocycles. The number of carbonyl (C=O) groups excluding carboxylic acids is 1. The first kappa shape index (κ1) is 22.0. The zero-order valence-corrected chi connectivity index (χ0v) is 19.8. The van der Waals surface area contributed by atoms with Gasteiger partial charge in [-0.1, -0.05) is 6.42 Å². The van der Waals surface area contributed by atoms with E-state index < -0.39 is 15.9 Å². The van der Waals surface area contributed by atoms with Crippen molar-refractivity contribution in [3.8, 4) is 0 Å². The molecular formula is C23H28N6O3S. The van der Waals surface area contributed by atoms with Gasteiger partial charge >= 0.3 is 0 Å². The Hall–Kier alpha value is -2.85. The van der Waals surface area contributed by atoms with Crippen molar-refractivity contribution in [2.24, 2.45) is 17.8 Å². The number of aromatic nitrogens is 4. The molecule has 2 bridgehead atoms. The van der Waals surface area contributed by atoms with Gasteiger partial charge in [0.15, 0.2) is 0 Å². The van der Waals surface area contributed by atoms with Crippen LogP contribution in [0.2, 0.25) is 0 Å². The normalized spacial score (nSPS) is 23.2. The Morgan fingerprint density at radius 2 is 1.88 bits per heavy atom. The maximum absolute atomic E-state index is 12.9. The molecule has 0 radical (unpaired) electrons. The van der Waals surface area contributed by atoms with E-state index in [9.17, 15) is 13.2 Å². The van der Waals surface area contributed by atoms with E-state index in [0.29, 0.717) is 23.3 Å². The monoisotopic (exact) mass is 468 g/mol. The number of amides is 1. The maximum Gasteiger partial charge on any atom is 0.295 e. The van der Waals surface area contributed by atoms with Crippen LogP contribution in [0.4, 0.5) is 5.69 Å². The zero-order valence-electron chi connectivity index (χ0n) is 18.9. The van der Waals surface area contributed by atoms with Gasteiger partial charge in [0.1, 0.15) is 0 Å². The molecule has 1 amide bonds. The Morgan fingerprint density at radius 3 is 2.55 bits per heavy atom. The fraction of sp³-hybridized carbons (Fsp3) is 0.478. The Morgan fingerprint density at radius 1 is 1.12 bits per heavy atom. The molecule has 2 saturated carbocycles. The van der Waals surface area contributed by atoms with Crippen molar-refractivity contribution in [2.45, 2.75) is 57.4 Å². The number of anilines is 1. The summed E-state index contributed by atoms with van der Waals surface area (Å²) in [5.74, 6) is 1.68. The van der Waals surface area contributed by atoms with E-state index in [2.05, 4.69) is 25.1 Å².